The molecule has 0 saturated heterocycles. The Morgan fingerprint density at radius 3 is 2.70 bits per heavy atom. The van der Waals surface area contributed by atoms with Crippen LogP contribution in [0.5, 0.6) is 0 Å². The van der Waals surface area contributed by atoms with Gasteiger partial charge in [-0.1, -0.05) is 24.3 Å². The van der Waals surface area contributed by atoms with Crippen molar-refractivity contribution < 1.29 is 4.39 Å². The first-order valence-corrected chi connectivity index (χ1v) is 8.67. The molecule has 0 aliphatic heterocycles. The van der Waals surface area contributed by atoms with Gasteiger partial charge in [-0.3, -0.25) is 9.97 Å². The zero-order chi connectivity index (χ0) is 18.4. The van der Waals surface area contributed by atoms with E-state index >= 15 is 0 Å². The largest absolute Gasteiger partial charge is 0.253 e. The molecule has 0 aliphatic rings. The van der Waals surface area contributed by atoms with E-state index in [1.54, 1.807) is 12.3 Å². The van der Waals surface area contributed by atoms with Crippen LogP contribution in [0.2, 0.25) is 0 Å². The molecule has 0 aliphatic carbocycles. The number of halogens is 1. The summed E-state index contributed by atoms with van der Waals surface area (Å²) < 4.78 is 16.1. The molecule has 0 fully saturated rings. The van der Waals surface area contributed by atoms with Crippen LogP contribution in [0.1, 0.15) is 5.69 Å². The van der Waals surface area contributed by atoms with Crippen molar-refractivity contribution in [1.82, 2.24) is 19.6 Å². The standard InChI is InChI=1S/C22H15FN4/c1-14-6-4-9-18(25-14)22-20(19-10-2-3-13-27(19)26-22)15-11-12-24-21-16(15)7-5-8-17(21)23/h2-13H,1H3. The second-order valence-corrected chi connectivity index (χ2v) is 6.41. The number of aromatic nitrogens is 4. The number of fused-ring (bicyclic) bond motifs is 2. The van der Waals surface area contributed by atoms with Gasteiger partial charge in [-0.2, -0.15) is 5.10 Å². The predicted octanol–water partition coefficient (Wildman–Crippen LogP) is 5.06. The summed E-state index contributed by atoms with van der Waals surface area (Å²) in [4.78, 5) is 8.89. The van der Waals surface area contributed by atoms with E-state index in [9.17, 15) is 4.39 Å². The van der Waals surface area contributed by atoms with E-state index in [1.807, 2.05) is 66.2 Å². The fourth-order valence-corrected chi connectivity index (χ4v) is 3.48. The van der Waals surface area contributed by atoms with Crippen LogP contribution >= 0.6 is 0 Å². The van der Waals surface area contributed by atoms with Crippen LogP contribution in [-0.4, -0.2) is 19.6 Å². The highest BCUT2D eigenvalue weighted by Gasteiger charge is 2.19. The fraction of sp³-hybridized carbons (Fsp3) is 0.0455. The second kappa shape index (κ2) is 5.99. The molecule has 27 heavy (non-hydrogen) atoms. The summed E-state index contributed by atoms with van der Waals surface area (Å²) in [6.07, 6.45) is 3.54. The van der Waals surface area contributed by atoms with Crippen LogP contribution in [0.25, 0.3) is 38.9 Å². The average Bonchev–Trinajstić information content (AvgIpc) is 3.07. The molecule has 0 atom stereocenters. The van der Waals surface area contributed by atoms with Crippen molar-refractivity contribution in [3.05, 3.63) is 84.6 Å². The molecule has 0 N–H and O–H groups in total. The van der Waals surface area contributed by atoms with Crippen LogP contribution < -0.4 is 0 Å². The lowest BCUT2D eigenvalue weighted by atomic mass is 9.98. The molecule has 0 unspecified atom stereocenters. The summed E-state index contributed by atoms with van der Waals surface area (Å²) in [7, 11) is 0. The zero-order valence-electron chi connectivity index (χ0n) is 14.6. The van der Waals surface area contributed by atoms with Gasteiger partial charge in [0.25, 0.3) is 0 Å². The predicted molar refractivity (Wildman–Crippen MR) is 104 cm³/mol. The summed E-state index contributed by atoms with van der Waals surface area (Å²) in [5.41, 5.74) is 5.57. The molecule has 4 heterocycles. The van der Waals surface area contributed by atoms with Crippen LogP contribution in [-0.2, 0) is 0 Å². The lowest BCUT2D eigenvalue weighted by molar-refractivity contribution is 0.637. The average molecular weight is 354 g/mol. The van der Waals surface area contributed by atoms with Gasteiger partial charge in [0.15, 0.2) is 0 Å². The molecule has 4 nitrogen and oxygen atoms in total. The molecular formula is C22H15FN4. The summed E-state index contributed by atoms with van der Waals surface area (Å²) in [6, 6.07) is 18.7. The quantitative estimate of drug-likeness (QED) is 0.445. The second-order valence-electron chi connectivity index (χ2n) is 6.41. The third kappa shape index (κ3) is 2.47. The highest BCUT2D eigenvalue weighted by atomic mass is 19.1. The minimum absolute atomic E-state index is 0.332. The van der Waals surface area contributed by atoms with E-state index in [0.29, 0.717) is 5.52 Å². The van der Waals surface area contributed by atoms with E-state index in [0.717, 1.165) is 39.1 Å². The Bertz CT molecular complexity index is 1310. The Balaban J connectivity index is 1.91. The minimum atomic E-state index is -0.332. The molecule has 0 amide bonds. The van der Waals surface area contributed by atoms with Gasteiger partial charge < -0.3 is 0 Å². The Labute approximate surface area is 155 Å². The number of para-hydroxylation sites is 1. The minimum Gasteiger partial charge on any atom is -0.253 e. The number of rotatable bonds is 2. The Hall–Kier alpha value is -3.60. The molecule has 5 heteroatoms. The normalized spacial score (nSPS) is 11.3. The monoisotopic (exact) mass is 354 g/mol. The molecular weight excluding hydrogens is 339 g/mol. The number of nitrogens with zero attached hydrogens (tertiary/aromatic N) is 4. The van der Waals surface area contributed by atoms with Crippen molar-refractivity contribution in [2.24, 2.45) is 0 Å². The maximum Gasteiger partial charge on any atom is 0.149 e. The molecule has 1 aromatic carbocycles. The summed E-state index contributed by atoms with van der Waals surface area (Å²) in [5, 5.41) is 5.52. The molecule has 5 aromatic rings. The van der Waals surface area contributed by atoms with Crippen LogP contribution in [0.15, 0.2) is 73.1 Å². The molecule has 5 rings (SSSR count). The van der Waals surface area contributed by atoms with Crippen LogP contribution in [0.4, 0.5) is 4.39 Å². The van der Waals surface area contributed by atoms with Crippen molar-refractivity contribution in [2.75, 3.05) is 0 Å². The van der Waals surface area contributed by atoms with Crippen molar-refractivity contribution in [3.63, 3.8) is 0 Å². The molecule has 0 saturated carbocycles. The third-order valence-electron chi connectivity index (χ3n) is 4.66. The molecule has 0 radical (unpaired) electrons. The first kappa shape index (κ1) is 15.6. The summed E-state index contributed by atoms with van der Waals surface area (Å²) in [5.74, 6) is -0.332. The van der Waals surface area contributed by atoms with E-state index < -0.39 is 0 Å². The molecule has 130 valence electrons. The van der Waals surface area contributed by atoms with Crippen molar-refractivity contribution in [2.45, 2.75) is 6.92 Å². The number of pyridine rings is 3. The number of aryl methyl sites for hydroxylation is 1. The van der Waals surface area contributed by atoms with Gasteiger partial charge in [-0.25, -0.2) is 8.91 Å². The number of hydrogen-bond acceptors (Lipinski definition) is 3. The molecule has 0 spiro atoms. The van der Waals surface area contributed by atoms with Crippen LogP contribution in [0.3, 0.4) is 0 Å². The van der Waals surface area contributed by atoms with E-state index in [-0.39, 0.29) is 5.82 Å². The lowest BCUT2D eigenvalue weighted by Gasteiger charge is -2.08. The van der Waals surface area contributed by atoms with Gasteiger partial charge in [0.05, 0.1) is 11.2 Å². The lowest BCUT2D eigenvalue weighted by Crippen LogP contribution is -1.91. The van der Waals surface area contributed by atoms with E-state index in [4.69, 9.17) is 5.10 Å². The van der Waals surface area contributed by atoms with E-state index in [1.165, 1.54) is 6.07 Å². The number of benzene rings is 1. The zero-order valence-corrected chi connectivity index (χ0v) is 14.6. The van der Waals surface area contributed by atoms with Gasteiger partial charge in [0.2, 0.25) is 0 Å². The maximum absolute atomic E-state index is 14.3. The maximum atomic E-state index is 14.3. The van der Waals surface area contributed by atoms with Crippen LogP contribution in [0, 0.1) is 12.7 Å². The van der Waals surface area contributed by atoms with Gasteiger partial charge in [0.1, 0.15) is 17.0 Å². The SMILES string of the molecule is Cc1cccc(-c2nn3ccccc3c2-c2ccnc3c(F)cccc23)n1. The van der Waals surface area contributed by atoms with E-state index in [2.05, 4.69) is 9.97 Å². The smallest absolute Gasteiger partial charge is 0.149 e. The van der Waals surface area contributed by atoms with Crippen molar-refractivity contribution >= 4 is 16.4 Å². The van der Waals surface area contributed by atoms with Crippen molar-refractivity contribution in [3.8, 4) is 22.5 Å². The van der Waals surface area contributed by atoms with Gasteiger partial charge in [0, 0.05) is 29.0 Å². The molecule has 0 bridgehead atoms. The topological polar surface area (TPSA) is 43.1 Å². The van der Waals surface area contributed by atoms with Gasteiger partial charge in [-0.05, 0) is 48.9 Å². The first-order valence-electron chi connectivity index (χ1n) is 8.67. The van der Waals surface area contributed by atoms with Gasteiger partial charge in [-0.15, -0.1) is 0 Å². The Morgan fingerprint density at radius 2 is 1.81 bits per heavy atom. The Morgan fingerprint density at radius 1 is 0.926 bits per heavy atom. The fourth-order valence-electron chi connectivity index (χ4n) is 3.48. The third-order valence-corrected chi connectivity index (χ3v) is 4.66. The first-order chi connectivity index (χ1) is 13.2. The highest BCUT2D eigenvalue weighted by Crippen LogP contribution is 2.38. The summed E-state index contributed by atoms with van der Waals surface area (Å²) >= 11 is 0. The highest BCUT2D eigenvalue weighted by molar-refractivity contribution is 6.03. The summed E-state index contributed by atoms with van der Waals surface area (Å²) in [6.45, 7) is 1.95. The molecule has 4 aromatic heterocycles. The Kier molecular flexibility index (Phi) is 3.47. The van der Waals surface area contributed by atoms with Crippen molar-refractivity contribution in [1.29, 1.82) is 0 Å². The number of hydrogen-bond donors (Lipinski definition) is 0. The van der Waals surface area contributed by atoms with Gasteiger partial charge >= 0.3 is 0 Å².